The quantitative estimate of drug-likeness (QED) is 0.180. The Morgan fingerprint density at radius 1 is 0.742 bits per heavy atom. The smallest absolute Gasteiger partial charge is 0.322 e. The summed E-state index contributed by atoms with van der Waals surface area (Å²) in [6, 6.07) is -0.821. The Kier molecular flexibility index (Phi) is 20.8. The second kappa shape index (κ2) is 21.8. The largest absolute Gasteiger partial charge is 0.465 e. The summed E-state index contributed by atoms with van der Waals surface area (Å²) >= 11 is 0. The number of nitrogens with one attached hydrogen (secondary N) is 1. The first-order chi connectivity index (χ1) is 15.0. The number of unbranched alkanes of at least 4 members (excludes halogenated alkanes) is 15. The summed E-state index contributed by atoms with van der Waals surface area (Å²) in [4.78, 5) is 33.9. The Morgan fingerprint density at radius 3 is 1.58 bits per heavy atom. The fourth-order valence-corrected chi connectivity index (χ4v) is 3.59. The second-order valence-electron chi connectivity index (χ2n) is 8.72. The van der Waals surface area contributed by atoms with Crippen molar-refractivity contribution in [2.75, 3.05) is 6.61 Å². The van der Waals surface area contributed by atoms with Crippen LogP contribution in [0.2, 0.25) is 0 Å². The van der Waals surface area contributed by atoms with Crippen LogP contribution < -0.4 is 11.1 Å². The van der Waals surface area contributed by atoms with Crippen molar-refractivity contribution in [3.8, 4) is 0 Å². The first-order valence-electron chi connectivity index (χ1n) is 12.7. The summed E-state index contributed by atoms with van der Waals surface area (Å²) in [5.41, 5.74) is 5.73. The molecule has 0 aliphatic heterocycles. The fourth-order valence-electron chi connectivity index (χ4n) is 3.59. The van der Waals surface area contributed by atoms with Crippen LogP contribution in [0.25, 0.3) is 0 Å². The van der Waals surface area contributed by atoms with Gasteiger partial charge in [-0.05, 0) is 12.8 Å². The molecule has 0 aliphatic rings. The van der Waals surface area contributed by atoms with Gasteiger partial charge in [-0.3, -0.25) is 19.7 Å². The molecule has 6 heteroatoms. The molecule has 0 aliphatic carbocycles. The van der Waals surface area contributed by atoms with Gasteiger partial charge in [-0.1, -0.05) is 103 Å². The number of nitrogens with two attached hydrogens (primary N) is 1. The Hall–Kier alpha value is -1.43. The minimum Gasteiger partial charge on any atom is -0.465 e. The molecule has 0 spiro atoms. The van der Waals surface area contributed by atoms with E-state index in [0.717, 1.165) is 12.8 Å². The fraction of sp³-hybridized carbons (Fsp3) is 0.880. The van der Waals surface area contributed by atoms with Crippen molar-refractivity contribution in [2.45, 2.75) is 135 Å². The van der Waals surface area contributed by atoms with Gasteiger partial charge in [0, 0.05) is 13.3 Å². The monoisotopic (exact) mass is 440 g/mol. The van der Waals surface area contributed by atoms with Gasteiger partial charge < -0.3 is 10.5 Å². The highest BCUT2D eigenvalue weighted by molar-refractivity contribution is 5.94. The molecule has 2 amide bonds. The number of carbonyl (C=O) groups excluding carboxylic acids is 3. The summed E-state index contributed by atoms with van der Waals surface area (Å²) in [5, 5.41) is 2.15. The van der Waals surface area contributed by atoms with Gasteiger partial charge in [0.25, 0.3) is 0 Å². The van der Waals surface area contributed by atoms with E-state index < -0.39 is 23.8 Å². The first-order valence-corrected chi connectivity index (χ1v) is 12.7. The van der Waals surface area contributed by atoms with E-state index >= 15 is 0 Å². The van der Waals surface area contributed by atoms with Crippen LogP contribution in [0, 0.1) is 0 Å². The second-order valence-corrected chi connectivity index (χ2v) is 8.72. The predicted molar refractivity (Wildman–Crippen MR) is 127 cm³/mol. The summed E-state index contributed by atoms with van der Waals surface area (Å²) < 4.78 is 5.17. The van der Waals surface area contributed by atoms with Gasteiger partial charge >= 0.3 is 5.97 Å². The van der Waals surface area contributed by atoms with Gasteiger partial charge in [0.05, 0.1) is 6.61 Å². The zero-order chi connectivity index (χ0) is 23.2. The Bertz CT molecular complexity index is 468. The lowest BCUT2D eigenvalue weighted by Crippen LogP contribution is -2.35. The van der Waals surface area contributed by atoms with E-state index in [1.165, 1.54) is 96.8 Å². The third kappa shape index (κ3) is 21.6. The molecule has 0 rings (SSSR count). The van der Waals surface area contributed by atoms with E-state index in [0.29, 0.717) is 6.61 Å². The number of imide groups is 1. The van der Waals surface area contributed by atoms with Crippen LogP contribution >= 0.6 is 0 Å². The third-order valence-electron chi connectivity index (χ3n) is 5.54. The predicted octanol–water partition coefficient (Wildman–Crippen LogP) is 5.56. The van der Waals surface area contributed by atoms with Crippen molar-refractivity contribution in [1.29, 1.82) is 0 Å². The number of amides is 2. The summed E-state index contributed by atoms with van der Waals surface area (Å²) in [6.07, 6.45) is 21.1. The van der Waals surface area contributed by atoms with Crippen molar-refractivity contribution in [3.63, 3.8) is 0 Å². The molecule has 0 bridgehead atoms. The third-order valence-corrected chi connectivity index (χ3v) is 5.54. The SMILES string of the molecule is CCCCCCCCCCCCCCCCCCOC(=O)C(N)CCC(=O)NC(C)=O. The molecule has 6 nitrogen and oxygen atoms in total. The van der Waals surface area contributed by atoms with Crippen LogP contribution in [-0.4, -0.2) is 30.4 Å². The highest BCUT2D eigenvalue weighted by Crippen LogP contribution is 2.13. The lowest BCUT2D eigenvalue weighted by Gasteiger charge is -2.11. The van der Waals surface area contributed by atoms with E-state index in [1.807, 2.05) is 0 Å². The molecular weight excluding hydrogens is 392 g/mol. The number of ether oxygens (including phenoxy) is 1. The molecule has 0 heterocycles. The van der Waals surface area contributed by atoms with Gasteiger partial charge in [0.1, 0.15) is 6.04 Å². The Morgan fingerprint density at radius 2 is 1.16 bits per heavy atom. The van der Waals surface area contributed by atoms with Crippen molar-refractivity contribution >= 4 is 17.8 Å². The molecule has 182 valence electrons. The van der Waals surface area contributed by atoms with E-state index in [2.05, 4.69) is 12.2 Å². The molecule has 31 heavy (non-hydrogen) atoms. The van der Waals surface area contributed by atoms with Gasteiger partial charge in [0.2, 0.25) is 11.8 Å². The van der Waals surface area contributed by atoms with Crippen LogP contribution in [0.4, 0.5) is 0 Å². The van der Waals surface area contributed by atoms with Crippen molar-refractivity contribution in [2.24, 2.45) is 5.73 Å². The zero-order valence-electron chi connectivity index (χ0n) is 20.2. The average Bonchev–Trinajstić information content (AvgIpc) is 2.73. The van der Waals surface area contributed by atoms with Crippen molar-refractivity contribution in [3.05, 3.63) is 0 Å². The zero-order valence-corrected chi connectivity index (χ0v) is 20.2. The lowest BCUT2D eigenvalue weighted by molar-refractivity contribution is -0.145. The highest BCUT2D eigenvalue weighted by Gasteiger charge is 2.16. The molecule has 0 saturated carbocycles. The molecule has 0 aromatic heterocycles. The van der Waals surface area contributed by atoms with E-state index in [-0.39, 0.29) is 12.8 Å². The average molecular weight is 441 g/mol. The Balaban J connectivity index is 3.34. The number of hydrogen-bond acceptors (Lipinski definition) is 5. The summed E-state index contributed by atoms with van der Waals surface area (Å²) in [7, 11) is 0. The van der Waals surface area contributed by atoms with Crippen molar-refractivity contribution in [1.82, 2.24) is 5.32 Å². The number of rotatable bonds is 21. The molecule has 1 unspecified atom stereocenters. The Labute approximate surface area is 190 Å². The maximum atomic E-state index is 11.8. The van der Waals surface area contributed by atoms with Gasteiger partial charge in [-0.25, -0.2) is 0 Å². The molecule has 3 N–H and O–H groups in total. The van der Waals surface area contributed by atoms with E-state index in [4.69, 9.17) is 10.5 Å². The molecule has 0 fully saturated rings. The van der Waals surface area contributed by atoms with E-state index in [9.17, 15) is 14.4 Å². The van der Waals surface area contributed by atoms with Crippen LogP contribution in [0.15, 0.2) is 0 Å². The van der Waals surface area contributed by atoms with Gasteiger partial charge in [-0.15, -0.1) is 0 Å². The van der Waals surface area contributed by atoms with Gasteiger partial charge in [0.15, 0.2) is 0 Å². The lowest BCUT2D eigenvalue weighted by atomic mass is 10.0. The minimum absolute atomic E-state index is 0.0366. The standard InChI is InChI=1S/C25H48N2O4/c1-3-4-5-6-7-8-9-10-11-12-13-14-15-16-17-18-21-31-25(30)23(26)19-20-24(29)27-22(2)28/h23H,3-21,26H2,1-2H3,(H,27,28,29). The highest BCUT2D eigenvalue weighted by atomic mass is 16.5. The summed E-state index contributed by atoms with van der Waals surface area (Å²) in [5.74, 6) is -1.31. The van der Waals surface area contributed by atoms with Crippen LogP contribution in [0.5, 0.6) is 0 Å². The van der Waals surface area contributed by atoms with Gasteiger partial charge in [-0.2, -0.15) is 0 Å². The van der Waals surface area contributed by atoms with Crippen LogP contribution in [-0.2, 0) is 19.1 Å². The van der Waals surface area contributed by atoms with Crippen molar-refractivity contribution < 1.29 is 19.1 Å². The molecule has 0 radical (unpaired) electrons. The van der Waals surface area contributed by atoms with Crippen LogP contribution in [0.1, 0.15) is 129 Å². The number of carbonyl (C=O) groups is 3. The van der Waals surface area contributed by atoms with E-state index in [1.54, 1.807) is 0 Å². The minimum atomic E-state index is -0.821. The topological polar surface area (TPSA) is 98.5 Å². The summed E-state index contributed by atoms with van der Waals surface area (Å²) in [6.45, 7) is 3.91. The molecular formula is C25H48N2O4. The maximum absolute atomic E-state index is 11.8. The number of esters is 1. The number of hydrogen-bond donors (Lipinski definition) is 2. The normalized spacial score (nSPS) is 11.8. The molecule has 1 atom stereocenters. The maximum Gasteiger partial charge on any atom is 0.322 e. The first kappa shape index (κ1) is 29.6. The van der Waals surface area contributed by atoms with Crippen LogP contribution in [0.3, 0.4) is 0 Å². The molecule has 0 saturated heterocycles. The molecule has 0 aromatic rings. The molecule has 0 aromatic carbocycles.